The lowest BCUT2D eigenvalue weighted by molar-refractivity contribution is -0.000255. The maximum atomic E-state index is 14.2. The van der Waals surface area contributed by atoms with Crippen LogP contribution in [0.15, 0.2) is 109 Å². The molecular weight excluding hydrogens is 448 g/mol. The van der Waals surface area contributed by atoms with E-state index in [1.807, 2.05) is 109 Å². The lowest BCUT2D eigenvalue weighted by Gasteiger charge is -2.33. The molecule has 1 fully saturated rings. The van der Waals surface area contributed by atoms with Gasteiger partial charge in [0, 0.05) is 11.5 Å². The van der Waals surface area contributed by atoms with Crippen molar-refractivity contribution >= 4 is 5.78 Å². The SMILES string of the molecule is COc1ccc(C2CC(O)(c3ccccc3)C(C(=O)c3ccccc3)C2c2ccc(OC)cc2)cc1. The highest BCUT2D eigenvalue weighted by molar-refractivity contribution is 5.99. The van der Waals surface area contributed by atoms with Crippen molar-refractivity contribution in [3.63, 3.8) is 0 Å². The zero-order valence-electron chi connectivity index (χ0n) is 20.5. The third kappa shape index (κ3) is 4.29. The lowest BCUT2D eigenvalue weighted by atomic mass is 9.73. The van der Waals surface area contributed by atoms with Crippen molar-refractivity contribution in [2.24, 2.45) is 5.92 Å². The first kappa shape index (κ1) is 23.8. The van der Waals surface area contributed by atoms with Crippen LogP contribution in [0.25, 0.3) is 0 Å². The molecule has 0 aliphatic heterocycles. The van der Waals surface area contributed by atoms with Gasteiger partial charge in [-0.2, -0.15) is 0 Å². The van der Waals surface area contributed by atoms with Gasteiger partial charge in [-0.25, -0.2) is 0 Å². The molecule has 1 saturated carbocycles. The predicted molar refractivity (Wildman–Crippen MR) is 141 cm³/mol. The summed E-state index contributed by atoms with van der Waals surface area (Å²) in [5.41, 5.74) is 2.08. The minimum absolute atomic E-state index is 0.0567. The van der Waals surface area contributed by atoms with Gasteiger partial charge in [-0.1, -0.05) is 84.9 Å². The van der Waals surface area contributed by atoms with Gasteiger partial charge < -0.3 is 14.6 Å². The van der Waals surface area contributed by atoms with Crippen LogP contribution < -0.4 is 9.47 Å². The topological polar surface area (TPSA) is 55.8 Å². The van der Waals surface area contributed by atoms with Crippen LogP contribution in [0.1, 0.15) is 45.3 Å². The van der Waals surface area contributed by atoms with Gasteiger partial charge in [0.25, 0.3) is 0 Å². The Bertz CT molecular complexity index is 1300. The Kier molecular flexibility index (Phi) is 6.62. The number of rotatable bonds is 7. The Morgan fingerprint density at radius 1 is 0.722 bits per heavy atom. The van der Waals surface area contributed by atoms with E-state index in [1.165, 1.54) is 0 Å². The van der Waals surface area contributed by atoms with Gasteiger partial charge in [0.1, 0.15) is 17.1 Å². The normalized spacial score (nSPS) is 23.2. The summed E-state index contributed by atoms with van der Waals surface area (Å²) in [6.45, 7) is 0. The molecule has 1 N–H and O–H groups in total. The van der Waals surface area contributed by atoms with E-state index in [4.69, 9.17) is 9.47 Å². The van der Waals surface area contributed by atoms with E-state index in [0.29, 0.717) is 12.0 Å². The number of benzene rings is 4. The second kappa shape index (κ2) is 10.00. The first-order valence-electron chi connectivity index (χ1n) is 12.2. The van der Waals surface area contributed by atoms with Crippen LogP contribution in [-0.4, -0.2) is 25.1 Å². The molecule has 0 amide bonds. The fourth-order valence-electron chi connectivity index (χ4n) is 5.73. The maximum Gasteiger partial charge on any atom is 0.169 e. The van der Waals surface area contributed by atoms with Crippen molar-refractivity contribution in [3.8, 4) is 11.5 Å². The van der Waals surface area contributed by atoms with Crippen molar-refractivity contribution in [2.45, 2.75) is 23.9 Å². The second-order valence-electron chi connectivity index (χ2n) is 9.38. The molecule has 4 nitrogen and oxygen atoms in total. The third-order valence-electron chi connectivity index (χ3n) is 7.50. The maximum absolute atomic E-state index is 14.2. The Hall–Kier alpha value is -3.89. The molecule has 4 atom stereocenters. The molecule has 1 aliphatic carbocycles. The van der Waals surface area contributed by atoms with Crippen molar-refractivity contribution < 1.29 is 19.4 Å². The molecule has 0 spiro atoms. The van der Waals surface area contributed by atoms with Gasteiger partial charge in [-0.3, -0.25) is 4.79 Å². The van der Waals surface area contributed by atoms with E-state index in [0.717, 1.165) is 28.2 Å². The zero-order chi connectivity index (χ0) is 25.1. The first-order valence-corrected chi connectivity index (χ1v) is 12.2. The van der Waals surface area contributed by atoms with Gasteiger partial charge in [0.05, 0.1) is 20.1 Å². The number of ether oxygens (including phenoxy) is 2. The molecule has 5 rings (SSSR count). The van der Waals surface area contributed by atoms with E-state index in [2.05, 4.69) is 0 Å². The number of methoxy groups -OCH3 is 2. The molecule has 4 aromatic rings. The molecule has 0 heterocycles. The van der Waals surface area contributed by atoms with Gasteiger partial charge in [0.2, 0.25) is 0 Å². The third-order valence-corrected chi connectivity index (χ3v) is 7.50. The number of Topliss-reactive ketones (excluding diaryl/α,β-unsaturated/α-hetero) is 1. The number of hydrogen-bond donors (Lipinski definition) is 1. The van der Waals surface area contributed by atoms with Crippen molar-refractivity contribution in [1.82, 2.24) is 0 Å². The van der Waals surface area contributed by atoms with Crippen LogP contribution in [-0.2, 0) is 5.60 Å². The highest BCUT2D eigenvalue weighted by atomic mass is 16.5. The smallest absolute Gasteiger partial charge is 0.169 e. The number of carbonyl (C=O) groups is 1. The number of ketones is 1. The van der Waals surface area contributed by atoms with Gasteiger partial charge >= 0.3 is 0 Å². The highest BCUT2D eigenvalue weighted by Crippen LogP contribution is 2.59. The number of hydrogen-bond acceptors (Lipinski definition) is 4. The molecule has 4 unspecified atom stereocenters. The summed E-state index contributed by atoms with van der Waals surface area (Å²) in [7, 11) is 3.29. The molecule has 0 aromatic heterocycles. The molecule has 4 heteroatoms. The monoisotopic (exact) mass is 478 g/mol. The lowest BCUT2D eigenvalue weighted by Crippen LogP contribution is -2.37. The van der Waals surface area contributed by atoms with Crippen LogP contribution in [0.3, 0.4) is 0 Å². The molecule has 0 bridgehead atoms. The Morgan fingerprint density at radius 3 is 1.75 bits per heavy atom. The standard InChI is InChI=1S/C32H30O4/c1-35-26-17-13-22(14-18-26)28-21-32(34,25-11-7-4-8-12-25)30(31(33)24-9-5-3-6-10-24)29(28)23-15-19-27(36-2)20-16-23/h3-20,28-30,34H,21H2,1-2H3. The minimum Gasteiger partial charge on any atom is -0.497 e. The Balaban J connectivity index is 1.70. The number of aliphatic hydroxyl groups is 1. The fourth-order valence-corrected chi connectivity index (χ4v) is 5.73. The van der Waals surface area contributed by atoms with Gasteiger partial charge in [-0.05, 0) is 53.3 Å². The molecule has 0 saturated heterocycles. The fraction of sp³-hybridized carbons (Fsp3) is 0.219. The number of carbonyl (C=O) groups excluding carboxylic acids is 1. The molecular formula is C32H30O4. The van der Waals surface area contributed by atoms with Crippen LogP contribution in [0.2, 0.25) is 0 Å². The average Bonchev–Trinajstić information content (AvgIpc) is 3.27. The summed E-state index contributed by atoms with van der Waals surface area (Å²) < 4.78 is 10.8. The van der Waals surface area contributed by atoms with E-state index in [-0.39, 0.29) is 17.6 Å². The minimum atomic E-state index is -1.34. The summed E-state index contributed by atoms with van der Waals surface area (Å²) in [6, 6.07) is 34.7. The zero-order valence-corrected chi connectivity index (χ0v) is 20.5. The Morgan fingerprint density at radius 2 is 1.22 bits per heavy atom. The van der Waals surface area contributed by atoms with Crippen LogP contribution >= 0.6 is 0 Å². The molecule has 182 valence electrons. The summed E-state index contributed by atoms with van der Waals surface area (Å²) in [6.07, 6.45) is 0.420. The van der Waals surface area contributed by atoms with E-state index < -0.39 is 11.5 Å². The van der Waals surface area contributed by atoms with E-state index in [1.54, 1.807) is 14.2 Å². The summed E-state index contributed by atoms with van der Waals surface area (Å²) in [5, 5.41) is 12.4. The van der Waals surface area contributed by atoms with E-state index >= 15 is 0 Å². The first-order chi connectivity index (χ1) is 17.5. The summed E-state index contributed by atoms with van der Waals surface area (Å²) in [5.74, 6) is 0.450. The highest BCUT2D eigenvalue weighted by Gasteiger charge is 2.57. The van der Waals surface area contributed by atoms with Crippen LogP contribution in [0.5, 0.6) is 11.5 Å². The Labute approximate surface area is 212 Å². The molecule has 36 heavy (non-hydrogen) atoms. The van der Waals surface area contributed by atoms with Crippen molar-refractivity contribution in [1.29, 1.82) is 0 Å². The molecule has 0 radical (unpaired) electrons. The van der Waals surface area contributed by atoms with Crippen molar-refractivity contribution in [3.05, 3.63) is 131 Å². The quantitative estimate of drug-likeness (QED) is 0.314. The van der Waals surface area contributed by atoms with Crippen LogP contribution in [0, 0.1) is 5.92 Å². The average molecular weight is 479 g/mol. The molecule has 4 aromatic carbocycles. The summed E-state index contributed by atoms with van der Waals surface area (Å²) >= 11 is 0. The molecule has 1 aliphatic rings. The predicted octanol–water partition coefficient (Wildman–Crippen LogP) is 6.36. The largest absolute Gasteiger partial charge is 0.497 e. The van der Waals surface area contributed by atoms with Crippen LogP contribution in [0.4, 0.5) is 0 Å². The van der Waals surface area contributed by atoms with Crippen molar-refractivity contribution in [2.75, 3.05) is 14.2 Å². The van der Waals surface area contributed by atoms with Gasteiger partial charge in [-0.15, -0.1) is 0 Å². The van der Waals surface area contributed by atoms with Gasteiger partial charge in [0.15, 0.2) is 5.78 Å². The van der Waals surface area contributed by atoms with E-state index in [9.17, 15) is 9.90 Å². The summed E-state index contributed by atoms with van der Waals surface area (Å²) in [4.78, 5) is 14.2. The second-order valence-corrected chi connectivity index (χ2v) is 9.38.